The molecule has 2 N–H and O–H groups in total. The molecule has 0 aliphatic rings. The second-order valence-electron chi connectivity index (χ2n) is 4.96. The Bertz CT molecular complexity index is 613. The number of rotatable bonds is 3. The summed E-state index contributed by atoms with van der Waals surface area (Å²) in [5.41, 5.74) is 9.27. The van der Waals surface area contributed by atoms with Gasteiger partial charge in [-0.15, -0.1) is 6.42 Å². The van der Waals surface area contributed by atoms with Crippen LogP contribution in [0.3, 0.4) is 0 Å². The van der Waals surface area contributed by atoms with E-state index in [9.17, 15) is 0 Å². The molecule has 0 saturated heterocycles. The SMILES string of the molecule is C#CCn1c(C)nc(-c2ccc(C(C)C)cc2)c1N. The van der Waals surface area contributed by atoms with Crippen molar-refractivity contribution in [3.05, 3.63) is 35.7 Å². The minimum atomic E-state index is 0.453. The van der Waals surface area contributed by atoms with Crippen molar-refractivity contribution in [2.24, 2.45) is 0 Å². The van der Waals surface area contributed by atoms with E-state index in [0.717, 1.165) is 17.1 Å². The van der Waals surface area contributed by atoms with Crippen molar-refractivity contribution in [1.29, 1.82) is 0 Å². The number of benzene rings is 1. The van der Waals surface area contributed by atoms with Crippen LogP contribution in [0.25, 0.3) is 11.3 Å². The summed E-state index contributed by atoms with van der Waals surface area (Å²) in [5, 5.41) is 0. The number of hydrogen-bond donors (Lipinski definition) is 1. The normalized spacial score (nSPS) is 10.7. The number of aromatic nitrogens is 2. The predicted octanol–water partition coefficient (Wildman–Crippen LogP) is 3.20. The molecule has 2 aromatic rings. The van der Waals surface area contributed by atoms with Crippen LogP contribution in [-0.4, -0.2) is 9.55 Å². The maximum atomic E-state index is 6.13. The Hall–Kier alpha value is -2.21. The Balaban J connectivity index is 2.42. The van der Waals surface area contributed by atoms with E-state index in [1.54, 1.807) is 0 Å². The summed E-state index contributed by atoms with van der Waals surface area (Å²) in [6.07, 6.45) is 5.35. The van der Waals surface area contributed by atoms with Gasteiger partial charge < -0.3 is 10.3 Å². The Kier molecular flexibility index (Phi) is 3.62. The van der Waals surface area contributed by atoms with Gasteiger partial charge in [0.05, 0.1) is 6.54 Å². The topological polar surface area (TPSA) is 43.8 Å². The monoisotopic (exact) mass is 253 g/mol. The molecule has 0 atom stereocenters. The van der Waals surface area contributed by atoms with Gasteiger partial charge >= 0.3 is 0 Å². The van der Waals surface area contributed by atoms with E-state index in [2.05, 4.69) is 49.0 Å². The lowest BCUT2D eigenvalue weighted by atomic mass is 10.0. The molecule has 0 amide bonds. The van der Waals surface area contributed by atoms with Gasteiger partial charge in [0.2, 0.25) is 0 Å². The van der Waals surface area contributed by atoms with Crippen molar-refractivity contribution >= 4 is 5.82 Å². The number of imidazole rings is 1. The van der Waals surface area contributed by atoms with E-state index in [1.807, 2.05) is 11.5 Å². The third-order valence-electron chi connectivity index (χ3n) is 3.30. The highest BCUT2D eigenvalue weighted by molar-refractivity contribution is 5.71. The van der Waals surface area contributed by atoms with E-state index < -0.39 is 0 Å². The summed E-state index contributed by atoms with van der Waals surface area (Å²) in [4.78, 5) is 4.52. The van der Waals surface area contributed by atoms with Crippen LogP contribution in [0.15, 0.2) is 24.3 Å². The fourth-order valence-corrected chi connectivity index (χ4v) is 2.11. The average Bonchev–Trinajstić information content (AvgIpc) is 2.67. The molecule has 0 aliphatic carbocycles. The smallest absolute Gasteiger partial charge is 0.132 e. The van der Waals surface area contributed by atoms with E-state index in [-0.39, 0.29) is 0 Å². The molecule has 0 bridgehead atoms. The molecule has 19 heavy (non-hydrogen) atoms. The lowest BCUT2D eigenvalue weighted by Crippen LogP contribution is -2.03. The highest BCUT2D eigenvalue weighted by atomic mass is 15.1. The highest BCUT2D eigenvalue weighted by Gasteiger charge is 2.13. The maximum absolute atomic E-state index is 6.13. The van der Waals surface area contributed by atoms with Crippen molar-refractivity contribution in [3.63, 3.8) is 0 Å². The molecule has 1 aromatic carbocycles. The Morgan fingerprint density at radius 1 is 1.32 bits per heavy atom. The number of nitrogen functional groups attached to an aromatic ring is 1. The van der Waals surface area contributed by atoms with Crippen LogP contribution in [0.4, 0.5) is 5.82 Å². The number of hydrogen-bond acceptors (Lipinski definition) is 2. The zero-order valence-corrected chi connectivity index (χ0v) is 11.6. The van der Waals surface area contributed by atoms with E-state index in [4.69, 9.17) is 12.2 Å². The van der Waals surface area contributed by atoms with Crippen molar-refractivity contribution in [1.82, 2.24) is 9.55 Å². The van der Waals surface area contributed by atoms with E-state index in [0.29, 0.717) is 18.3 Å². The molecule has 1 aromatic heterocycles. The van der Waals surface area contributed by atoms with Crippen LogP contribution < -0.4 is 5.73 Å². The first-order valence-corrected chi connectivity index (χ1v) is 6.41. The summed E-state index contributed by atoms with van der Waals surface area (Å²) < 4.78 is 1.85. The van der Waals surface area contributed by atoms with Crippen LogP contribution in [0, 0.1) is 19.3 Å². The number of terminal acetylenes is 1. The molecule has 1 heterocycles. The van der Waals surface area contributed by atoms with E-state index >= 15 is 0 Å². The molecule has 98 valence electrons. The van der Waals surface area contributed by atoms with Crippen LogP contribution in [-0.2, 0) is 6.54 Å². The van der Waals surface area contributed by atoms with E-state index in [1.165, 1.54) is 5.56 Å². The van der Waals surface area contributed by atoms with Gasteiger partial charge in [0.1, 0.15) is 17.3 Å². The molecule has 0 fully saturated rings. The molecule has 0 unspecified atom stereocenters. The third kappa shape index (κ3) is 2.48. The van der Waals surface area contributed by atoms with Crippen molar-refractivity contribution in [3.8, 4) is 23.6 Å². The molecule has 3 heteroatoms. The highest BCUT2D eigenvalue weighted by Crippen LogP contribution is 2.27. The standard InChI is InChI=1S/C16H19N3/c1-5-10-19-12(4)18-15(16(19)17)14-8-6-13(7-9-14)11(2)3/h1,6-9,11H,10,17H2,2-4H3. The van der Waals surface area contributed by atoms with Gasteiger partial charge in [-0.05, 0) is 18.4 Å². The average molecular weight is 253 g/mol. The molecule has 0 saturated carbocycles. The van der Waals surface area contributed by atoms with Gasteiger partial charge in [-0.1, -0.05) is 44.0 Å². The predicted molar refractivity (Wildman–Crippen MR) is 79.7 cm³/mol. The molecule has 0 spiro atoms. The Morgan fingerprint density at radius 2 is 1.95 bits per heavy atom. The maximum Gasteiger partial charge on any atom is 0.132 e. The first kappa shape index (κ1) is 13.2. The Labute approximate surface area is 114 Å². The molecule has 0 radical (unpaired) electrons. The fourth-order valence-electron chi connectivity index (χ4n) is 2.11. The third-order valence-corrected chi connectivity index (χ3v) is 3.30. The minimum Gasteiger partial charge on any atom is -0.383 e. The number of aryl methyl sites for hydroxylation is 1. The second-order valence-corrected chi connectivity index (χ2v) is 4.96. The summed E-state index contributed by atoms with van der Waals surface area (Å²) in [7, 11) is 0. The van der Waals surface area contributed by atoms with Gasteiger partial charge in [-0.2, -0.15) is 0 Å². The summed E-state index contributed by atoms with van der Waals surface area (Å²) in [5.74, 6) is 4.60. The van der Waals surface area contributed by atoms with Crippen LogP contribution in [0.1, 0.15) is 31.2 Å². The zero-order valence-electron chi connectivity index (χ0n) is 11.6. The quantitative estimate of drug-likeness (QED) is 0.854. The van der Waals surface area contributed by atoms with Crippen molar-refractivity contribution in [2.75, 3.05) is 5.73 Å². The number of nitrogens with two attached hydrogens (primary N) is 1. The molecule has 2 rings (SSSR count). The lowest BCUT2D eigenvalue weighted by Gasteiger charge is -2.06. The molecule has 0 aliphatic heterocycles. The van der Waals surface area contributed by atoms with Crippen LogP contribution in [0.2, 0.25) is 0 Å². The Morgan fingerprint density at radius 3 is 2.47 bits per heavy atom. The van der Waals surface area contributed by atoms with Crippen LogP contribution in [0.5, 0.6) is 0 Å². The molecule has 3 nitrogen and oxygen atoms in total. The first-order valence-electron chi connectivity index (χ1n) is 6.41. The fraction of sp³-hybridized carbons (Fsp3) is 0.312. The van der Waals surface area contributed by atoms with Gasteiger partial charge in [-0.25, -0.2) is 4.98 Å². The zero-order chi connectivity index (χ0) is 14.0. The number of nitrogens with zero attached hydrogens (tertiary/aromatic N) is 2. The summed E-state index contributed by atoms with van der Waals surface area (Å²) in [6.45, 7) is 6.72. The largest absolute Gasteiger partial charge is 0.383 e. The van der Waals surface area contributed by atoms with Crippen molar-refractivity contribution in [2.45, 2.75) is 33.2 Å². The molecular formula is C16H19N3. The van der Waals surface area contributed by atoms with Crippen molar-refractivity contribution < 1.29 is 0 Å². The first-order chi connectivity index (χ1) is 9.04. The van der Waals surface area contributed by atoms with Gasteiger partial charge in [0.15, 0.2) is 0 Å². The van der Waals surface area contributed by atoms with Gasteiger partial charge in [0.25, 0.3) is 0 Å². The lowest BCUT2D eigenvalue weighted by molar-refractivity contribution is 0.807. The second kappa shape index (κ2) is 5.19. The minimum absolute atomic E-state index is 0.453. The number of anilines is 1. The summed E-state index contributed by atoms with van der Waals surface area (Å²) >= 11 is 0. The summed E-state index contributed by atoms with van der Waals surface area (Å²) in [6, 6.07) is 8.37. The van der Waals surface area contributed by atoms with Crippen LogP contribution >= 0.6 is 0 Å². The van der Waals surface area contributed by atoms with Gasteiger partial charge in [-0.3, -0.25) is 0 Å². The molecular weight excluding hydrogens is 234 g/mol. The van der Waals surface area contributed by atoms with Gasteiger partial charge in [0, 0.05) is 5.56 Å².